The summed E-state index contributed by atoms with van der Waals surface area (Å²) in [6.07, 6.45) is 4.19. The van der Waals surface area contributed by atoms with Crippen LogP contribution in [0.1, 0.15) is 43.5 Å². The van der Waals surface area contributed by atoms with E-state index < -0.39 is 0 Å². The van der Waals surface area contributed by atoms with Crippen LogP contribution in [-0.2, 0) is 13.1 Å². The maximum absolute atomic E-state index is 5.73. The van der Waals surface area contributed by atoms with Crippen molar-refractivity contribution in [3.63, 3.8) is 0 Å². The number of nitrogens with two attached hydrogens (primary N) is 1. The minimum atomic E-state index is 0.595. The first-order chi connectivity index (χ1) is 9.30. The first-order valence-electron chi connectivity index (χ1n) is 7.49. The van der Waals surface area contributed by atoms with Crippen LogP contribution in [0.4, 0.5) is 0 Å². The lowest BCUT2D eigenvalue weighted by Gasteiger charge is -2.13. The molecule has 2 aliphatic rings. The average Bonchev–Trinajstić information content (AvgIpc) is 2.90. The van der Waals surface area contributed by atoms with Crippen molar-refractivity contribution in [3.8, 4) is 0 Å². The maximum Gasteiger partial charge on any atom is 0.113 e. The summed E-state index contributed by atoms with van der Waals surface area (Å²) in [5.74, 6) is 4.03. The number of nitrogens with zero attached hydrogens (tertiary/aromatic N) is 2. The van der Waals surface area contributed by atoms with Gasteiger partial charge in [0.2, 0.25) is 0 Å². The quantitative estimate of drug-likeness (QED) is 0.916. The normalized spacial score (nSPS) is 28.8. The Morgan fingerprint density at radius 3 is 2.74 bits per heavy atom. The zero-order valence-corrected chi connectivity index (χ0v) is 11.5. The molecule has 100 valence electrons. The van der Waals surface area contributed by atoms with Crippen molar-refractivity contribution < 1.29 is 0 Å². The molecule has 1 aromatic heterocycles. The molecule has 0 aliphatic heterocycles. The fourth-order valence-electron chi connectivity index (χ4n) is 3.89. The van der Waals surface area contributed by atoms with Gasteiger partial charge >= 0.3 is 0 Å². The third kappa shape index (κ3) is 1.71. The average molecular weight is 255 g/mol. The highest BCUT2D eigenvalue weighted by atomic mass is 15.1. The smallest absolute Gasteiger partial charge is 0.113 e. The summed E-state index contributed by atoms with van der Waals surface area (Å²) in [5.41, 5.74) is 9.30. The molecule has 0 bridgehead atoms. The Hall–Kier alpha value is -1.35. The Bertz CT molecular complexity index is 618. The SMILES string of the molecule is CCn1c(C2CC3CC3C2)nc2cc(CN)ccc21. The molecule has 0 radical (unpaired) electrons. The van der Waals surface area contributed by atoms with E-state index in [2.05, 4.69) is 29.7 Å². The van der Waals surface area contributed by atoms with Crippen molar-refractivity contribution in [2.75, 3.05) is 0 Å². The van der Waals surface area contributed by atoms with Gasteiger partial charge in [-0.25, -0.2) is 4.98 Å². The van der Waals surface area contributed by atoms with Crippen molar-refractivity contribution in [1.29, 1.82) is 0 Å². The molecule has 19 heavy (non-hydrogen) atoms. The van der Waals surface area contributed by atoms with Crippen LogP contribution in [0.5, 0.6) is 0 Å². The van der Waals surface area contributed by atoms with E-state index in [-0.39, 0.29) is 0 Å². The minimum absolute atomic E-state index is 0.595. The van der Waals surface area contributed by atoms with Crippen LogP contribution in [-0.4, -0.2) is 9.55 Å². The Morgan fingerprint density at radius 1 is 1.26 bits per heavy atom. The lowest BCUT2D eigenvalue weighted by molar-refractivity contribution is 0.556. The summed E-state index contributed by atoms with van der Waals surface area (Å²) in [6, 6.07) is 6.47. The molecule has 2 unspecified atom stereocenters. The Balaban J connectivity index is 1.80. The molecule has 2 aromatic rings. The molecule has 2 aliphatic carbocycles. The molecule has 1 heterocycles. The van der Waals surface area contributed by atoms with E-state index in [0.29, 0.717) is 12.5 Å². The second-order valence-electron chi connectivity index (χ2n) is 6.17. The zero-order chi connectivity index (χ0) is 13.0. The monoisotopic (exact) mass is 255 g/mol. The first kappa shape index (κ1) is 11.5. The van der Waals surface area contributed by atoms with Crippen molar-refractivity contribution in [2.24, 2.45) is 17.6 Å². The lowest BCUT2D eigenvalue weighted by atomic mass is 10.0. The number of rotatable bonds is 3. The third-order valence-electron chi connectivity index (χ3n) is 5.00. The molecular weight excluding hydrogens is 234 g/mol. The molecule has 4 rings (SSSR count). The highest BCUT2D eigenvalue weighted by Crippen LogP contribution is 2.57. The van der Waals surface area contributed by atoms with Gasteiger partial charge in [-0.15, -0.1) is 0 Å². The van der Waals surface area contributed by atoms with Crippen molar-refractivity contribution in [1.82, 2.24) is 9.55 Å². The van der Waals surface area contributed by atoms with Crippen LogP contribution >= 0.6 is 0 Å². The molecule has 1 aromatic carbocycles. The van der Waals surface area contributed by atoms with Gasteiger partial charge in [0.15, 0.2) is 0 Å². The summed E-state index contributed by atoms with van der Waals surface area (Å²) in [5, 5.41) is 0. The minimum Gasteiger partial charge on any atom is -0.328 e. The van der Waals surface area contributed by atoms with Crippen LogP contribution in [0.2, 0.25) is 0 Å². The maximum atomic E-state index is 5.73. The standard InChI is InChI=1S/C16H21N3/c1-2-19-15-4-3-10(9-17)5-14(15)18-16(19)13-7-11-6-12(11)8-13/h3-5,11-13H,2,6-9,17H2,1H3. The number of hydrogen-bond donors (Lipinski definition) is 1. The second-order valence-corrected chi connectivity index (χ2v) is 6.17. The van der Waals surface area contributed by atoms with E-state index >= 15 is 0 Å². The van der Waals surface area contributed by atoms with Gasteiger partial charge in [-0.05, 0) is 55.7 Å². The molecule has 0 saturated heterocycles. The summed E-state index contributed by atoms with van der Waals surface area (Å²) in [4.78, 5) is 4.94. The lowest BCUT2D eigenvalue weighted by Crippen LogP contribution is -2.07. The molecule has 0 amide bonds. The predicted octanol–water partition coefficient (Wildman–Crippen LogP) is 3.03. The first-order valence-corrected chi connectivity index (χ1v) is 7.49. The van der Waals surface area contributed by atoms with Gasteiger partial charge in [-0.3, -0.25) is 0 Å². The van der Waals surface area contributed by atoms with Crippen molar-refractivity contribution in [2.45, 2.75) is 45.2 Å². The highest BCUT2D eigenvalue weighted by Gasteiger charge is 2.47. The van der Waals surface area contributed by atoms with Crippen molar-refractivity contribution in [3.05, 3.63) is 29.6 Å². The van der Waals surface area contributed by atoms with Gasteiger partial charge in [0.05, 0.1) is 11.0 Å². The van der Waals surface area contributed by atoms with E-state index in [4.69, 9.17) is 10.7 Å². The van der Waals surface area contributed by atoms with Gasteiger partial charge in [0.25, 0.3) is 0 Å². The van der Waals surface area contributed by atoms with Gasteiger partial charge in [-0.2, -0.15) is 0 Å². The Kier molecular flexibility index (Phi) is 2.46. The molecular formula is C16H21N3. The molecule has 2 atom stereocenters. The molecule has 2 saturated carbocycles. The molecule has 2 N–H and O–H groups in total. The van der Waals surface area contributed by atoms with Gasteiger partial charge in [0, 0.05) is 19.0 Å². The number of aromatic nitrogens is 2. The van der Waals surface area contributed by atoms with Gasteiger partial charge < -0.3 is 10.3 Å². The number of hydrogen-bond acceptors (Lipinski definition) is 2. The van der Waals surface area contributed by atoms with E-state index in [1.807, 2.05) is 0 Å². The molecule has 3 nitrogen and oxygen atoms in total. The van der Waals surface area contributed by atoms with E-state index in [1.54, 1.807) is 0 Å². The number of benzene rings is 1. The fraction of sp³-hybridized carbons (Fsp3) is 0.562. The van der Waals surface area contributed by atoms with Crippen molar-refractivity contribution >= 4 is 11.0 Å². The third-order valence-corrected chi connectivity index (χ3v) is 5.00. The van der Waals surface area contributed by atoms with Crippen LogP contribution in [0.3, 0.4) is 0 Å². The fourth-order valence-corrected chi connectivity index (χ4v) is 3.89. The molecule has 3 heteroatoms. The second kappa shape index (κ2) is 4.07. The highest BCUT2D eigenvalue weighted by molar-refractivity contribution is 5.77. The number of aryl methyl sites for hydroxylation is 1. The number of imidazole rings is 1. The molecule has 0 spiro atoms. The summed E-state index contributed by atoms with van der Waals surface area (Å²) in [6.45, 7) is 3.83. The van der Waals surface area contributed by atoms with Crippen LogP contribution < -0.4 is 5.73 Å². The van der Waals surface area contributed by atoms with Crippen LogP contribution in [0.25, 0.3) is 11.0 Å². The summed E-state index contributed by atoms with van der Waals surface area (Å²) >= 11 is 0. The Labute approximate surface area is 113 Å². The van der Waals surface area contributed by atoms with Gasteiger partial charge in [0.1, 0.15) is 5.82 Å². The van der Waals surface area contributed by atoms with E-state index in [9.17, 15) is 0 Å². The van der Waals surface area contributed by atoms with E-state index in [0.717, 1.165) is 23.9 Å². The molecule has 2 fully saturated rings. The topological polar surface area (TPSA) is 43.8 Å². The Morgan fingerprint density at radius 2 is 2.05 bits per heavy atom. The van der Waals surface area contributed by atoms with Crippen LogP contribution in [0.15, 0.2) is 18.2 Å². The summed E-state index contributed by atoms with van der Waals surface area (Å²) in [7, 11) is 0. The number of fused-ring (bicyclic) bond motifs is 2. The predicted molar refractivity (Wildman–Crippen MR) is 76.9 cm³/mol. The largest absolute Gasteiger partial charge is 0.328 e. The van der Waals surface area contributed by atoms with Gasteiger partial charge in [-0.1, -0.05) is 6.07 Å². The zero-order valence-electron chi connectivity index (χ0n) is 11.5. The summed E-state index contributed by atoms with van der Waals surface area (Å²) < 4.78 is 2.41. The van der Waals surface area contributed by atoms with E-state index in [1.165, 1.54) is 36.2 Å². The van der Waals surface area contributed by atoms with Crippen LogP contribution in [0, 0.1) is 11.8 Å².